The number of rotatable bonds is 4. The molecule has 0 atom stereocenters. The van der Waals surface area contributed by atoms with Gasteiger partial charge < -0.3 is 20.1 Å². The van der Waals surface area contributed by atoms with Crippen molar-refractivity contribution in [1.82, 2.24) is 4.90 Å². The molecule has 0 aromatic heterocycles. The second kappa shape index (κ2) is 7.55. The highest BCUT2D eigenvalue weighted by Gasteiger charge is 2.27. The lowest BCUT2D eigenvalue weighted by atomic mass is 9.97. The van der Waals surface area contributed by atoms with Gasteiger partial charge in [0.15, 0.2) is 0 Å². The van der Waals surface area contributed by atoms with Crippen LogP contribution in [0.1, 0.15) is 38.5 Å². The maximum Gasteiger partial charge on any atom is 0.321 e. The van der Waals surface area contributed by atoms with Gasteiger partial charge in [-0.15, -0.1) is 0 Å². The summed E-state index contributed by atoms with van der Waals surface area (Å²) in [5, 5.41) is 11.9. The van der Waals surface area contributed by atoms with Gasteiger partial charge in [-0.3, -0.25) is 4.79 Å². The van der Waals surface area contributed by atoms with Crippen molar-refractivity contribution >= 4 is 17.7 Å². The average molecular weight is 332 g/mol. The molecule has 0 bridgehead atoms. The number of anilines is 1. The molecule has 6 heteroatoms. The first-order valence-electron chi connectivity index (χ1n) is 8.67. The van der Waals surface area contributed by atoms with Crippen LogP contribution in [0.25, 0.3) is 0 Å². The Morgan fingerprint density at radius 1 is 1.04 bits per heavy atom. The first-order chi connectivity index (χ1) is 11.6. The molecule has 0 spiro atoms. The van der Waals surface area contributed by atoms with E-state index in [4.69, 9.17) is 9.84 Å². The highest BCUT2D eigenvalue weighted by Crippen LogP contribution is 2.25. The number of likely N-dealkylation sites (tertiary alicyclic amines) is 1. The number of carbonyl (C=O) groups is 2. The van der Waals surface area contributed by atoms with Crippen LogP contribution in [0, 0.1) is 5.92 Å². The number of benzene rings is 1. The summed E-state index contributed by atoms with van der Waals surface area (Å²) in [7, 11) is 0. The van der Waals surface area contributed by atoms with Gasteiger partial charge in [0.05, 0.1) is 12.0 Å². The number of ether oxygens (including phenoxy) is 1. The van der Waals surface area contributed by atoms with Crippen LogP contribution in [0.3, 0.4) is 0 Å². The second-order valence-electron chi connectivity index (χ2n) is 6.58. The Labute approximate surface area is 141 Å². The predicted octanol–water partition coefficient (Wildman–Crippen LogP) is 3.34. The van der Waals surface area contributed by atoms with E-state index in [1.807, 2.05) is 24.3 Å². The van der Waals surface area contributed by atoms with E-state index in [2.05, 4.69) is 5.32 Å². The molecule has 2 N–H and O–H groups in total. The van der Waals surface area contributed by atoms with E-state index in [0.29, 0.717) is 32.0 Å². The molecule has 1 aromatic carbocycles. The lowest BCUT2D eigenvalue weighted by molar-refractivity contribution is -0.143. The number of hydrogen-bond acceptors (Lipinski definition) is 3. The minimum Gasteiger partial charge on any atom is -0.490 e. The Balaban J connectivity index is 1.48. The van der Waals surface area contributed by atoms with Crippen LogP contribution >= 0.6 is 0 Å². The highest BCUT2D eigenvalue weighted by molar-refractivity contribution is 5.89. The zero-order chi connectivity index (χ0) is 16.9. The summed E-state index contributed by atoms with van der Waals surface area (Å²) in [5.74, 6) is -0.267. The number of nitrogens with one attached hydrogen (secondary N) is 1. The number of nitrogens with zero attached hydrogens (tertiary/aromatic N) is 1. The van der Waals surface area contributed by atoms with Gasteiger partial charge in [-0.2, -0.15) is 0 Å². The summed E-state index contributed by atoms with van der Waals surface area (Å²) >= 11 is 0. The summed E-state index contributed by atoms with van der Waals surface area (Å²) in [6.07, 6.45) is 6.04. The lowest BCUT2D eigenvalue weighted by Gasteiger charge is -2.30. The molecular formula is C18H24N2O4. The van der Waals surface area contributed by atoms with Crippen LogP contribution in [-0.2, 0) is 4.79 Å². The van der Waals surface area contributed by atoms with Crippen molar-refractivity contribution in [3.8, 4) is 5.75 Å². The minimum atomic E-state index is -0.770. The molecule has 3 rings (SSSR count). The number of piperidine rings is 1. The van der Waals surface area contributed by atoms with Gasteiger partial charge in [0.1, 0.15) is 5.75 Å². The number of carboxylic acid groups (broad SMARTS) is 1. The molecule has 0 radical (unpaired) electrons. The topological polar surface area (TPSA) is 78.9 Å². The monoisotopic (exact) mass is 332 g/mol. The smallest absolute Gasteiger partial charge is 0.321 e. The highest BCUT2D eigenvalue weighted by atomic mass is 16.5. The summed E-state index contributed by atoms with van der Waals surface area (Å²) in [6, 6.07) is 7.26. The van der Waals surface area contributed by atoms with Gasteiger partial charge in [-0.1, -0.05) is 0 Å². The summed E-state index contributed by atoms with van der Waals surface area (Å²) < 4.78 is 5.91. The molecule has 130 valence electrons. The third kappa shape index (κ3) is 4.19. The summed E-state index contributed by atoms with van der Waals surface area (Å²) in [4.78, 5) is 24.9. The number of carboxylic acids is 1. The first kappa shape index (κ1) is 16.6. The molecule has 1 saturated heterocycles. The quantitative estimate of drug-likeness (QED) is 0.886. The van der Waals surface area contributed by atoms with Crippen LogP contribution in [0.2, 0.25) is 0 Å². The third-order valence-corrected chi connectivity index (χ3v) is 4.84. The number of hydrogen-bond donors (Lipinski definition) is 2. The van der Waals surface area contributed by atoms with Crippen LogP contribution in [0.15, 0.2) is 24.3 Å². The maximum atomic E-state index is 12.2. The number of amides is 2. The fourth-order valence-electron chi connectivity index (χ4n) is 3.35. The predicted molar refractivity (Wildman–Crippen MR) is 90.3 cm³/mol. The van der Waals surface area contributed by atoms with E-state index in [1.165, 1.54) is 12.8 Å². The van der Waals surface area contributed by atoms with Gasteiger partial charge in [0.2, 0.25) is 0 Å². The van der Waals surface area contributed by atoms with Crippen LogP contribution < -0.4 is 10.1 Å². The third-order valence-electron chi connectivity index (χ3n) is 4.84. The Hall–Kier alpha value is -2.24. The Bertz CT molecular complexity index is 573. The van der Waals surface area contributed by atoms with Crippen molar-refractivity contribution in [2.24, 2.45) is 5.92 Å². The zero-order valence-corrected chi connectivity index (χ0v) is 13.7. The van der Waals surface area contributed by atoms with Crippen LogP contribution in [0.5, 0.6) is 5.75 Å². The number of aliphatic carboxylic acids is 1. The Kier molecular flexibility index (Phi) is 5.23. The van der Waals surface area contributed by atoms with Crippen molar-refractivity contribution < 1.29 is 19.4 Å². The van der Waals surface area contributed by atoms with Crippen LogP contribution in [0.4, 0.5) is 10.5 Å². The SMILES string of the molecule is O=C(O)C1CCN(C(=O)Nc2ccc(OC3CCCC3)cc2)CC1. The van der Waals surface area contributed by atoms with E-state index in [9.17, 15) is 9.59 Å². The molecular weight excluding hydrogens is 308 g/mol. The van der Waals surface area contributed by atoms with Crippen molar-refractivity contribution in [3.05, 3.63) is 24.3 Å². The van der Waals surface area contributed by atoms with E-state index in [0.717, 1.165) is 24.3 Å². The fourth-order valence-corrected chi connectivity index (χ4v) is 3.35. The minimum absolute atomic E-state index is 0.177. The van der Waals surface area contributed by atoms with E-state index >= 15 is 0 Å². The standard InChI is InChI=1S/C18H24N2O4/c21-17(22)13-9-11-20(12-10-13)18(23)19-14-5-7-16(8-6-14)24-15-3-1-2-4-15/h5-8,13,15H,1-4,9-12H2,(H,19,23)(H,21,22). The van der Waals surface area contributed by atoms with Crippen molar-refractivity contribution in [1.29, 1.82) is 0 Å². The molecule has 1 aromatic rings. The van der Waals surface area contributed by atoms with Crippen molar-refractivity contribution in [2.45, 2.75) is 44.6 Å². The summed E-state index contributed by atoms with van der Waals surface area (Å²) in [5.41, 5.74) is 0.721. The fraction of sp³-hybridized carbons (Fsp3) is 0.556. The van der Waals surface area contributed by atoms with Gasteiger partial charge in [-0.25, -0.2) is 4.79 Å². The molecule has 1 heterocycles. The number of urea groups is 1. The van der Waals surface area contributed by atoms with E-state index in [1.54, 1.807) is 4.90 Å². The lowest BCUT2D eigenvalue weighted by Crippen LogP contribution is -2.42. The molecule has 1 saturated carbocycles. The Morgan fingerprint density at radius 2 is 1.67 bits per heavy atom. The summed E-state index contributed by atoms with van der Waals surface area (Å²) in [6.45, 7) is 0.956. The first-order valence-corrected chi connectivity index (χ1v) is 8.67. The van der Waals surface area contributed by atoms with Gasteiger partial charge in [0.25, 0.3) is 0 Å². The molecule has 2 aliphatic rings. The van der Waals surface area contributed by atoms with Gasteiger partial charge in [-0.05, 0) is 62.8 Å². The van der Waals surface area contributed by atoms with Crippen molar-refractivity contribution in [3.63, 3.8) is 0 Å². The molecule has 6 nitrogen and oxygen atoms in total. The molecule has 1 aliphatic heterocycles. The average Bonchev–Trinajstić information content (AvgIpc) is 3.09. The van der Waals surface area contributed by atoms with E-state index < -0.39 is 5.97 Å². The molecule has 1 aliphatic carbocycles. The second-order valence-corrected chi connectivity index (χ2v) is 6.58. The van der Waals surface area contributed by atoms with Crippen molar-refractivity contribution in [2.75, 3.05) is 18.4 Å². The number of carbonyl (C=O) groups excluding carboxylic acids is 1. The molecule has 2 amide bonds. The maximum absolute atomic E-state index is 12.2. The Morgan fingerprint density at radius 3 is 2.25 bits per heavy atom. The molecule has 0 unspecified atom stereocenters. The van der Waals surface area contributed by atoms with E-state index in [-0.39, 0.29) is 11.9 Å². The molecule has 2 fully saturated rings. The molecule has 24 heavy (non-hydrogen) atoms. The van der Waals surface area contributed by atoms with Gasteiger partial charge in [0, 0.05) is 18.8 Å². The van der Waals surface area contributed by atoms with Gasteiger partial charge >= 0.3 is 12.0 Å². The normalized spacial score (nSPS) is 19.2. The van der Waals surface area contributed by atoms with Crippen LogP contribution in [-0.4, -0.2) is 41.2 Å². The largest absolute Gasteiger partial charge is 0.490 e. The zero-order valence-electron chi connectivity index (χ0n) is 13.7.